The van der Waals surface area contributed by atoms with Gasteiger partial charge in [0.25, 0.3) is 5.56 Å². The number of methoxy groups -OCH3 is 1. The molecule has 31 heavy (non-hydrogen) atoms. The van der Waals surface area contributed by atoms with Crippen molar-refractivity contribution in [2.75, 3.05) is 7.11 Å². The number of aromatic amines is 1. The highest BCUT2D eigenvalue weighted by Gasteiger charge is 2.11. The number of benzene rings is 3. The van der Waals surface area contributed by atoms with Gasteiger partial charge in [-0.15, -0.1) is 0 Å². The van der Waals surface area contributed by atoms with Crippen LogP contribution in [0.15, 0.2) is 76.5 Å². The molecule has 152 valence electrons. The topological polar surface area (TPSA) is 98.5 Å². The van der Waals surface area contributed by atoms with Crippen LogP contribution in [-0.4, -0.2) is 23.4 Å². The first kappa shape index (κ1) is 19.9. The van der Waals surface area contributed by atoms with E-state index in [1.165, 1.54) is 6.21 Å². The SMILES string of the molecule is COc1ccc(-c2ccc3c(=O)[nH]c(O)c(C=Nc4ccc(CC#N)cc4)c3c2)cc1. The van der Waals surface area contributed by atoms with Crippen LogP contribution in [0.1, 0.15) is 11.1 Å². The highest BCUT2D eigenvalue weighted by molar-refractivity contribution is 6.03. The molecule has 1 aromatic heterocycles. The number of hydrogen-bond donors (Lipinski definition) is 2. The molecule has 0 saturated carbocycles. The average molecular weight is 409 g/mol. The van der Waals surface area contributed by atoms with Crippen molar-refractivity contribution in [2.24, 2.45) is 4.99 Å². The minimum absolute atomic E-state index is 0.241. The second-order valence-electron chi connectivity index (χ2n) is 6.96. The Morgan fingerprint density at radius 3 is 2.42 bits per heavy atom. The van der Waals surface area contributed by atoms with Crippen LogP contribution in [0.3, 0.4) is 0 Å². The van der Waals surface area contributed by atoms with Gasteiger partial charge >= 0.3 is 0 Å². The third kappa shape index (κ3) is 4.16. The smallest absolute Gasteiger partial charge is 0.258 e. The summed E-state index contributed by atoms with van der Waals surface area (Å²) in [5.41, 5.74) is 3.49. The quantitative estimate of drug-likeness (QED) is 0.466. The Bertz CT molecular complexity index is 1360. The summed E-state index contributed by atoms with van der Waals surface area (Å²) in [6, 6.07) is 22.5. The first-order chi connectivity index (χ1) is 15.1. The zero-order valence-electron chi connectivity index (χ0n) is 16.8. The van der Waals surface area contributed by atoms with E-state index < -0.39 is 0 Å². The zero-order chi connectivity index (χ0) is 21.8. The molecule has 0 unspecified atom stereocenters. The Hall–Kier alpha value is -4.37. The molecule has 0 fully saturated rings. The molecule has 0 aliphatic rings. The van der Waals surface area contributed by atoms with E-state index in [1.54, 1.807) is 25.3 Å². The van der Waals surface area contributed by atoms with Crippen molar-refractivity contribution in [3.8, 4) is 28.8 Å². The highest BCUT2D eigenvalue weighted by Crippen LogP contribution is 2.29. The van der Waals surface area contributed by atoms with Crippen molar-refractivity contribution in [2.45, 2.75) is 6.42 Å². The number of ether oxygens (including phenoxy) is 1. The maximum Gasteiger partial charge on any atom is 0.258 e. The number of pyridine rings is 1. The van der Waals surface area contributed by atoms with Crippen molar-refractivity contribution in [3.05, 3.63) is 88.2 Å². The Labute approximate surface area is 178 Å². The van der Waals surface area contributed by atoms with E-state index >= 15 is 0 Å². The summed E-state index contributed by atoms with van der Waals surface area (Å²) in [7, 11) is 1.61. The first-order valence-electron chi connectivity index (χ1n) is 9.62. The number of nitrogens with zero attached hydrogens (tertiary/aromatic N) is 2. The van der Waals surface area contributed by atoms with Crippen LogP contribution in [0.4, 0.5) is 5.69 Å². The second-order valence-corrected chi connectivity index (χ2v) is 6.96. The fraction of sp³-hybridized carbons (Fsp3) is 0.0800. The summed E-state index contributed by atoms with van der Waals surface area (Å²) in [4.78, 5) is 19.3. The molecular formula is C25H19N3O3. The van der Waals surface area contributed by atoms with Crippen LogP contribution in [0, 0.1) is 11.3 Å². The molecule has 3 aromatic carbocycles. The van der Waals surface area contributed by atoms with E-state index in [1.807, 2.05) is 48.5 Å². The average Bonchev–Trinajstić information content (AvgIpc) is 2.80. The molecule has 0 aliphatic carbocycles. The summed E-state index contributed by atoms with van der Waals surface area (Å²) in [6.45, 7) is 0. The van der Waals surface area contributed by atoms with E-state index in [2.05, 4.69) is 16.0 Å². The Morgan fingerprint density at radius 1 is 1.03 bits per heavy atom. The molecule has 4 rings (SSSR count). The van der Waals surface area contributed by atoms with Gasteiger partial charge in [0, 0.05) is 17.0 Å². The number of aromatic hydroxyl groups is 1. The van der Waals surface area contributed by atoms with Gasteiger partial charge in [-0.2, -0.15) is 5.26 Å². The Balaban J connectivity index is 1.78. The molecule has 6 nitrogen and oxygen atoms in total. The normalized spacial score (nSPS) is 11.0. The van der Waals surface area contributed by atoms with Crippen molar-refractivity contribution >= 4 is 22.7 Å². The minimum atomic E-state index is -0.369. The largest absolute Gasteiger partial charge is 0.497 e. The number of hydrogen-bond acceptors (Lipinski definition) is 5. The summed E-state index contributed by atoms with van der Waals surface area (Å²) in [5.74, 6) is 0.515. The van der Waals surface area contributed by atoms with Crippen molar-refractivity contribution in [1.29, 1.82) is 5.26 Å². The van der Waals surface area contributed by atoms with Gasteiger partial charge in [-0.25, -0.2) is 0 Å². The summed E-state index contributed by atoms with van der Waals surface area (Å²) >= 11 is 0. The van der Waals surface area contributed by atoms with Crippen LogP contribution in [0.2, 0.25) is 0 Å². The number of aliphatic imine (C=N–C) groups is 1. The zero-order valence-corrected chi connectivity index (χ0v) is 16.8. The molecule has 0 radical (unpaired) electrons. The van der Waals surface area contributed by atoms with Crippen LogP contribution in [-0.2, 0) is 6.42 Å². The lowest BCUT2D eigenvalue weighted by Gasteiger charge is -2.08. The van der Waals surface area contributed by atoms with Crippen LogP contribution in [0.5, 0.6) is 11.6 Å². The summed E-state index contributed by atoms with van der Waals surface area (Å²) in [5, 5.41) is 20.3. The predicted molar refractivity (Wildman–Crippen MR) is 121 cm³/mol. The number of nitrogens with one attached hydrogen (secondary N) is 1. The van der Waals surface area contributed by atoms with E-state index in [-0.39, 0.29) is 11.4 Å². The molecule has 6 heteroatoms. The van der Waals surface area contributed by atoms with E-state index in [0.29, 0.717) is 28.4 Å². The molecule has 2 N–H and O–H groups in total. The summed E-state index contributed by atoms with van der Waals surface area (Å²) < 4.78 is 5.21. The fourth-order valence-electron chi connectivity index (χ4n) is 3.36. The van der Waals surface area contributed by atoms with Crippen molar-refractivity contribution in [3.63, 3.8) is 0 Å². The van der Waals surface area contributed by atoms with E-state index in [9.17, 15) is 9.90 Å². The monoisotopic (exact) mass is 409 g/mol. The molecule has 0 amide bonds. The van der Waals surface area contributed by atoms with E-state index in [0.717, 1.165) is 22.4 Å². The van der Waals surface area contributed by atoms with Gasteiger partial charge in [-0.1, -0.05) is 30.3 Å². The van der Waals surface area contributed by atoms with Gasteiger partial charge in [0.15, 0.2) is 0 Å². The predicted octanol–water partition coefficient (Wildman–Crippen LogP) is 4.73. The Kier molecular flexibility index (Phi) is 5.50. The third-order valence-electron chi connectivity index (χ3n) is 5.03. The number of H-pyrrole nitrogens is 1. The van der Waals surface area contributed by atoms with Crippen LogP contribution < -0.4 is 10.3 Å². The highest BCUT2D eigenvalue weighted by atomic mass is 16.5. The van der Waals surface area contributed by atoms with Crippen molar-refractivity contribution < 1.29 is 9.84 Å². The molecule has 0 saturated heterocycles. The van der Waals surface area contributed by atoms with Gasteiger partial charge in [0.1, 0.15) is 5.75 Å². The Morgan fingerprint density at radius 2 is 1.74 bits per heavy atom. The molecule has 4 aromatic rings. The molecule has 1 heterocycles. The summed E-state index contributed by atoms with van der Waals surface area (Å²) in [6.07, 6.45) is 1.87. The van der Waals surface area contributed by atoms with Gasteiger partial charge in [-0.05, 0) is 53.1 Å². The van der Waals surface area contributed by atoms with Gasteiger partial charge in [0.2, 0.25) is 5.88 Å². The maximum atomic E-state index is 12.4. The van der Waals surface area contributed by atoms with Crippen LogP contribution in [0.25, 0.3) is 21.9 Å². The van der Waals surface area contributed by atoms with Gasteiger partial charge in [-0.3, -0.25) is 14.8 Å². The lowest BCUT2D eigenvalue weighted by Crippen LogP contribution is -2.08. The number of aromatic nitrogens is 1. The lowest BCUT2D eigenvalue weighted by molar-refractivity contribution is 0.415. The number of fused-ring (bicyclic) bond motifs is 1. The third-order valence-corrected chi connectivity index (χ3v) is 5.03. The first-order valence-corrected chi connectivity index (χ1v) is 9.62. The van der Waals surface area contributed by atoms with Gasteiger partial charge < -0.3 is 9.84 Å². The van der Waals surface area contributed by atoms with Crippen molar-refractivity contribution in [1.82, 2.24) is 4.98 Å². The molecule has 0 atom stereocenters. The lowest BCUT2D eigenvalue weighted by atomic mass is 9.99. The standard InChI is InChI=1S/C25H19N3O3/c1-31-20-9-4-17(5-10-20)18-6-11-21-22(14-18)23(25(30)28-24(21)29)15-27-19-7-2-16(3-8-19)12-13-26/h2-11,14-15H,12H2,1H3,(H2,28,29,30). The molecule has 0 bridgehead atoms. The maximum absolute atomic E-state index is 12.4. The molecule has 0 aliphatic heterocycles. The van der Waals surface area contributed by atoms with E-state index in [4.69, 9.17) is 10.00 Å². The molecular weight excluding hydrogens is 390 g/mol. The minimum Gasteiger partial charge on any atom is -0.497 e. The van der Waals surface area contributed by atoms with Gasteiger partial charge in [0.05, 0.1) is 30.9 Å². The molecule has 0 spiro atoms. The number of nitriles is 1. The van der Waals surface area contributed by atoms with Crippen LogP contribution >= 0.6 is 0 Å². The second kappa shape index (κ2) is 8.56. The fourth-order valence-corrected chi connectivity index (χ4v) is 3.36. The number of rotatable bonds is 5.